The van der Waals surface area contributed by atoms with Crippen molar-refractivity contribution in [3.63, 3.8) is 0 Å². The minimum absolute atomic E-state index is 0.423. The maximum Gasteiger partial charge on any atom is 0.157 e. The highest BCUT2D eigenvalue weighted by atomic mass is 19.1. The predicted molar refractivity (Wildman–Crippen MR) is 52.1 cm³/mol. The van der Waals surface area contributed by atoms with Crippen molar-refractivity contribution in [2.45, 2.75) is 51.4 Å². The number of hydrogen-bond acceptors (Lipinski definition) is 4. The van der Waals surface area contributed by atoms with Crippen molar-refractivity contribution in [1.82, 2.24) is 0 Å². The van der Waals surface area contributed by atoms with Gasteiger partial charge in [0, 0.05) is 0 Å². The lowest BCUT2D eigenvalue weighted by atomic mass is 9.80. The van der Waals surface area contributed by atoms with Crippen LogP contribution in [0.1, 0.15) is 20.8 Å². The first kappa shape index (κ1) is 12.8. The van der Waals surface area contributed by atoms with Crippen LogP contribution in [0.15, 0.2) is 0 Å². The highest BCUT2D eigenvalue weighted by molar-refractivity contribution is 4.96. The number of halogens is 1. The van der Waals surface area contributed by atoms with E-state index in [9.17, 15) is 14.6 Å². The highest BCUT2D eigenvalue weighted by Crippen LogP contribution is 2.33. The largest absolute Gasteiger partial charge is 0.394 e. The normalized spacial score (nSPS) is 43.0. The Balaban J connectivity index is 2.83. The van der Waals surface area contributed by atoms with Crippen molar-refractivity contribution in [3.8, 4) is 0 Å². The van der Waals surface area contributed by atoms with Gasteiger partial charge in [0.05, 0.1) is 12.7 Å². The molecule has 0 aliphatic carbocycles. The molecule has 1 rings (SSSR count). The molecule has 1 aliphatic rings. The molecule has 15 heavy (non-hydrogen) atoms. The Kier molecular flexibility index (Phi) is 3.71. The molecule has 4 nitrogen and oxygen atoms in total. The molecule has 0 aromatic carbocycles. The van der Waals surface area contributed by atoms with Crippen molar-refractivity contribution in [1.29, 1.82) is 0 Å². The summed E-state index contributed by atoms with van der Waals surface area (Å²) in [6.45, 7) is 4.96. The van der Waals surface area contributed by atoms with Crippen LogP contribution in [0.4, 0.5) is 4.39 Å². The van der Waals surface area contributed by atoms with E-state index in [4.69, 9.17) is 9.84 Å². The topological polar surface area (TPSA) is 69.9 Å². The summed E-state index contributed by atoms with van der Waals surface area (Å²) >= 11 is 0. The maximum atomic E-state index is 13.4. The Morgan fingerprint density at radius 3 is 2.13 bits per heavy atom. The molecule has 0 amide bonds. The van der Waals surface area contributed by atoms with E-state index in [2.05, 4.69) is 0 Å². The van der Waals surface area contributed by atoms with Crippen LogP contribution in [-0.4, -0.2) is 52.5 Å². The molecule has 0 aromatic rings. The minimum atomic E-state index is -1.75. The number of rotatable bonds is 1. The number of ether oxygens (including phenoxy) is 1. The number of hydrogen-bond donors (Lipinski definition) is 3. The summed E-state index contributed by atoms with van der Waals surface area (Å²) in [4.78, 5) is 0. The Bertz CT molecular complexity index is 214. The summed E-state index contributed by atoms with van der Waals surface area (Å²) in [5.74, 6) is 0. The second-order valence-electron chi connectivity index (χ2n) is 5.07. The van der Waals surface area contributed by atoms with Crippen LogP contribution in [-0.2, 0) is 4.74 Å². The van der Waals surface area contributed by atoms with E-state index in [-0.39, 0.29) is 0 Å². The summed E-state index contributed by atoms with van der Waals surface area (Å²) in [6.07, 6.45) is -6.25. The third-order valence-electron chi connectivity index (χ3n) is 2.70. The van der Waals surface area contributed by atoms with E-state index in [0.717, 1.165) is 0 Å². The summed E-state index contributed by atoms with van der Waals surface area (Å²) in [5.41, 5.74) is -0.423. The van der Waals surface area contributed by atoms with E-state index in [1.54, 1.807) is 0 Å². The van der Waals surface area contributed by atoms with Crippen LogP contribution < -0.4 is 0 Å². The smallest absolute Gasteiger partial charge is 0.157 e. The molecule has 1 saturated heterocycles. The van der Waals surface area contributed by atoms with Gasteiger partial charge in [-0.3, -0.25) is 0 Å². The zero-order valence-electron chi connectivity index (χ0n) is 9.22. The monoisotopic (exact) mass is 222 g/mol. The Morgan fingerprint density at radius 2 is 1.73 bits per heavy atom. The lowest BCUT2D eigenvalue weighted by Gasteiger charge is -2.44. The van der Waals surface area contributed by atoms with Gasteiger partial charge in [0.15, 0.2) is 6.17 Å². The van der Waals surface area contributed by atoms with Gasteiger partial charge in [0.1, 0.15) is 18.3 Å². The molecule has 5 unspecified atom stereocenters. The van der Waals surface area contributed by atoms with Crippen LogP contribution >= 0.6 is 0 Å². The second kappa shape index (κ2) is 4.33. The molecule has 1 heterocycles. The average Bonchev–Trinajstić information content (AvgIpc) is 2.13. The maximum absolute atomic E-state index is 13.4. The fourth-order valence-electron chi connectivity index (χ4n) is 1.79. The van der Waals surface area contributed by atoms with Crippen molar-refractivity contribution in [2.24, 2.45) is 5.41 Å². The van der Waals surface area contributed by atoms with Crippen molar-refractivity contribution < 1.29 is 24.4 Å². The summed E-state index contributed by atoms with van der Waals surface area (Å²) in [7, 11) is 0. The zero-order chi connectivity index (χ0) is 11.8. The molecule has 0 radical (unpaired) electrons. The van der Waals surface area contributed by atoms with Crippen LogP contribution in [0.5, 0.6) is 0 Å². The average molecular weight is 222 g/mol. The standard InChI is InChI=1S/C10H19FO4/c1-10(2,3)9-8(14)7(13)6(11)5(4-12)15-9/h5-9,12-14H,4H2,1-3H3. The molecule has 1 aliphatic heterocycles. The van der Waals surface area contributed by atoms with Crippen molar-refractivity contribution in [3.05, 3.63) is 0 Å². The number of alkyl halides is 1. The molecule has 5 heteroatoms. The fourth-order valence-corrected chi connectivity index (χ4v) is 1.79. The highest BCUT2D eigenvalue weighted by Gasteiger charge is 2.48. The van der Waals surface area contributed by atoms with Gasteiger partial charge >= 0.3 is 0 Å². The molecular weight excluding hydrogens is 203 g/mol. The van der Waals surface area contributed by atoms with Crippen LogP contribution in [0.25, 0.3) is 0 Å². The fraction of sp³-hybridized carbons (Fsp3) is 1.00. The molecular formula is C10H19FO4. The summed E-state index contributed by atoms with van der Waals surface area (Å²) in [6, 6.07) is 0. The second-order valence-corrected chi connectivity index (χ2v) is 5.07. The quantitative estimate of drug-likeness (QED) is 0.577. The number of aliphatic hydroxyl groups is 3. The predicted octanol–water partition coefficient (Wildman–Crippen LogP) is -0.148. The molecule has 0 bridgehead atoms. The van der Waals surface area contributed by atoms with E-state index < -0.39 is 42.6 Å². The van der Waals surface area contributed by atoms with E-state index in [1.807, 2.05) is 20.8 Å². The zero-order valence-corrected chi connectivity index (χ0v) is 9.22. The molecule has 90 valence electrons. The van der Waals surface area contributed by atoms with Crippen molar-refractivity contribution in [2.75, 3.05) is 6.61 Å². The third kappa shape index (κ3) is 2.47. The van der Waals surface area contributed by atoms with Crippen LogP contribution in [0.3, 0.4) is 0 Å². The van der Waals surface area contributed by atoms with Crippen LogP contribution in [0.2, 0.25) is 0 Å². The first-order valence-corrected chi connectivity index (χ1v) is 5.05. The first-order chi connectivity index (χ1) is 6.79. The van der Waals surface area contributed by atoms with Crippen molar-refractivity contribution >= 4 is 0 Å². The summed E-state index contributed by atoms with van der Waals surface area (Å²) < 4.78 is 18.6. The minimum Gasteiger partial charge on any atom is -0.394 e. The summed E-state index contributed by atoms with van der Waals surface area (Å²) in [5, 5.41) is 28.0. The molecule has 5 atom stereocenters. The Hall–Kier alpha value is -0.230. The van der Waals surface area contributed by atoms with Gasteiger partial charge in [-0.1, -0.05) is 20.8 Å². The Labute approximate surface area is 88.7 Å². The molecule has 3 N–H and O–H groups in total. The molecule has 1 fully saturated rings. The molecule has 0 aromatic heterocycles. The van der Waals surface area contributed by atoms with E-state index in [1.165, 1.54) is 0 Å². The van der Waals surface area contributed by atoms with Gasteiger partial charge in [-0.15, -0.1) is 0 Å². The van der Waals surface area contributed by atoms with Gasteiger partial charge in [-0.2, -0.15) is 0 Å². The number of aliphatic hydroxyl groups excluding tert-OH is 3. The van der Waals surface area contributed by atoms with Crippen LogP contribution in [0, 0.1) is 5.41 Å². The van der Waals surface area contributed by atoms with Gasteiger partial charge in [0.2, 0.25) is 0 Å². The van der Waals surface area contributed by atoms with E-state index in [0.29, 0.717) is 0 Å². The van der Waals surface area contributed by atoms with Gasteiger partial charge in [0.25, 0.3) is 0 Å². The van der Waals surface area contributed by atoms with Gasteiger partial charge in [-0.25, -0.2) is 4.39 Å². The van der Waals surface area contributed by atoms with Gasteiger partial charge < -0.3 is 20.1 Å². The molecule has 0 spiro atoms. The van der Waals surface area contributed by atoms with Gasteiger partial charge in [-0.05, 0) is 5.41 Å². The SMILES string of the molecule is CC(C)(C)C1OC(CO)C(F)C(O)C1O. The Morgan fingerprint density at radius 1 is 1.20 bits per heavy atom. The first-order valence-electron chi connectivity index (χ1n) is 5.05. The lowest BCUT2D eigenvalue weighted by Crippen LogP contribution is -2.60. The third-order valence-corrected chi connectivity index (χ3v) is 2.70. The molecule has 0 saturated carbocycles. The van der Waals surface area contributed by atoms with E-state index >= 15 is 0 Å². The lowest BCUT2D eigenvalue weighted by molar-refractivity contribution is -0.235.